The smallest absolute Gasteiger partial charge is 0.263 e. The molecule has 11 heteroatoms. The van der Waals surface area contributed by atoms with Crippen LogP contribution in [-0.4, -0.2) is 22.7 Å². The topological polar surface area (TPSA) is 121 Å². The van der Waals surface area contributed by atoms with Crippen LogP contribution in [0.15, 0.2) is 88.7 Å². The molecule has 40 heavy (non-hydrogen) atoms. The van der Waals surface area contributed by atoms with Crippen molar-refractivity contribution >= 4 is 54.6 Å². The summed E-state index contributed by atoms with van der Waals surface area (Å²) in [6, 6.07) is 20.2. The third kappa shape index (κ3) is 6.47. The minimum atomic E-state index is -4.10. The van der Waals surface area contributed by atoms with Crippen LogP contribution in [0.1, 0.15) is 32.6 Å². The van der Waals surface area contributed by atoms with Crippen molar-refractivity contribution < 1.29 is 21.6 Å². The number of hydrogen-bond acceptors (Lipinski definition) is 5. The zero-order valence-corrected chi connectivity index (χ0v) is 24.6. The van der Waals surface area contributed by atoms with Gasteiger partial charge in [0.05, 0.1) is 21.3 Å². The number of sulfonamides is 2. The predicted octanol–water partition coefficient (Wildman–Crippen LogP) is 6.43. The quantitative estimate of drug-likeness (QED) is 0.216. The van der Waals surface area contributed by atoms with Crippen LogP contribution in [0.4, 0.5) is 17.1 Å². The van der Waals surface area contributed by atoms with E-state index in [2.05, 4.69) is 14.8 Å². The minimum absolute atomic E-state index is 0.0165. The van der Waals surface area contributed by atoms with E-state index in [0.717, 1.165) is 22.3 Å². The van der Waals surface area contributed by atoms with Gasteiger partial charge in [0.15, 0.2) is 0 Å². The molecule has 0 saturated carbocycles. The van der Waals surface area contributed by atoms with Gasteiger partial charge in [0, 0.05) is 11.3 Å². The van der Waals surface area contributed by atoms with E-state index in [1.165, 1.54) is 42.5 Å². The molecule has 8 nitrogen and oxygen atoms in total. The Balaban J connectivity index is 1.51. The van der Waals surface area contributed by atoms with Gasteiger partial charge in [-0.05, 0) is 99.0 Å². The van der Waals surface area contributed by atoms with Gasteiger partial charge in [-0.1, -0.05) is 41.4 Å². The van der Waals surface area contributed by atoms with Gasteiger partial charge in [-0.25, -0.2) is 16.8 Å². The van der Waals surface area contributed by atoms with E-state index in [1.54, 1.807) is 25.1 Å². The maximum Gasteiger partial charge on any atom is 0.263 e. The lowest BCUT2D eigenvalue weighted by atomic mass is 10.1. The number of carbonyl (C=O) groups excluding carboxylic acids is 1. The molecule has 0 atom stereocenters. The van der Waals surface area contributed by atoms with E-state index in [4.69, 9.17) is 11.6 Å². The molecule has 0 bridgehead atoms. The molecule has 3 N–H and O–H groups in total. The second-order valence-electron chi connectivity index (χ2n) is 9.40. The first kappa shape index (κ1) is 29.1. The Morgan fingerprint density at radius 2 is 1.38 bits per heavy atom. The fraction of sp³-hybridized carbons (Fsp3) is 0.138. The fourth-order valence-corrected chi connectivity index (χ4v) is 6.74. The second-order valence-corrected chi connectivity index (χ2v) is 13.1. The highest BCUT2D eigenvalue weighted by Crippen LogP contribution is 2.28. The fourth-order valence-electron chi connectivity index (χ4n) is 3.96. The second kappa shape index (κ2) is 11.3. The molecule has 0 aromatic heterocycles. The lowest BCUT2D eigenvalue weighted by Crippen LogP contribution is -2.17. The summed E-state index contributed by atoms with van der Waals surface area (Å²) in [5.41, 5.74) is 4.76. The number of rotatable bonds is 8. The van der Waals surface area contributed by atoms with Gasteiger partial charge < -0.3 is 5.32 Å². The number of nitrogens with one attached hydrogen (secondary N) is 3. The van der Waals surface area contributed by atoms with Crippen LogP contribution in [0.25, 0.3) is 0 Å². The minimum Gasteiger partial charge on any atom is -0.322 e. The van der Waals surface area contributed by atoms with Gasteiger partial charge in [-0.15, -0.1) is 0 Å². The SMILES string of the molecule is Cc1ccc(NS(=O)(=O)c2ccc(NC(=O)c3ccc(Cl)c(S(=O)(=O)Nc4cccc(C)c4C)c3)cc2)c(C)c1. The molecule has 0 fully saturated rings. The number of carbonyl (C=O) groups is 1. The number of anilines is 3. The van der Waals surface area contributed by atoms with Crippen molar-refractivity contribution in [1.29, 1.82) is 0 Å². The number of amides is 1. The molecule has 4 rings (SSSR count). The van der Waals surface area contributed by atoms with Crippen molar-refractivity contribution in [1.82, 2.24) is 0 Å². The zero-order valence-electron chi connectivity index (χ0n) is 22.2. The molecule has 208 valence electrons. The Morgan fingerprint density at radius 3 is 2.05 bits per heavy atom. The molecular weight excluding hydrogens is 570 g/mol. The molecule has 4 aromatic rings. The summed E-state index contributed by atoms with van der Waals surface area (Å²) in [4.78, 5) is 12.7. The standard InChI is InChI=1S/C29H28ClN3O5S2/c1-18-8-15-26(20(3)16-18)32-39(35,36)24-12-10-23(11-13-24)31-29(34)22-9-14-25(30)28(17-22)40(37,38)33-27-7-5-6-19(2)21(27)4/h5-17,32-33H,1-4H3,(H,31,34). The van der Waals surface area contributed by atoms with Gasteiger partial charge in [-0.3, -0.25) is 14.2 Å². The summed E-state index contributed by atoms with van der Waals surface area (Å²) >= 11 is 6.20. The van der Waals surface area contributed by atoms with Crippen LogP contribution in [0, 0.1) is 27.7 Å². The lowest BCUT2D eigenvalue weighted by Gasteiger charge is -2.14. The van der Waals surface area contributed by atoms with E-state index in [-0.39, 0.29) is 20.4 Å². The third-order valence-electron chi connectivity index (χ3n) is 6.38. The van der Waals surface area contributed by atoms with E-state index in [0.29, 0.717) is 17.1 Å². The van der Waals surface area contributed by atoms with E-state index in [9.17, 15) is 21.6 Å². The summed E-state index contributed by atoms with van der Waals surface area (Å²) in [5, 5.41) is 2.61. The first-order valence-electron chi connectivity index (χ1n) is 12.2. The Labute approximate surface area is 239 Å². The van der Waals surface area contributed by atoms with Crippen LogP contribution in [0.5, 0.6) is 0 Å². The lowest BCUT2D eigenvalue weighted by molar-refractivity contribution is 0.102. The molecule has 0 saturated heterocycles. The summed E-state index contributed by atoms with van der Waals surface area (Å²) in [6.45, 7) is 7.41. The maximum absolute atomic E-state index is 13.1. The van der Waals surface area contributed by atoms with Gasteiger partial charge in [0.25, 0.3) is 26.0 Å². The van der Waals surface area contributed by atoms with E-state index >= 15 is 0 Å². The van der Waals surface area contributed by atoms with Gasteiger partial charge in [0.2, 0.25) is 0 Å². The van der Waals surface area contributed by atoms with E-state index in [1.807, 2.05) is 39.0 Å². The van der Waals surface area contributed by atoms with Gasteiger partial charge in [-0.2, -0.15) is 0 Å². The molecule has 0 radical (unpaired) electrons. The van der Waals surface area contributed by atoms with Crippen LogP contribution in [-0.2, 0) is 20.0 Å². The molecule has 1 amide bonds. The summed E-state index contributed by atoms with van der Waals surface area (Å²) in [5.74, 6) is -0.594. The summed E-state index contributed by atoms with van der Waals surface area (Å²) in [7, 11) is -7.96. The first-order valence-corrected chi connectivity index (χ1v) is 15.5. The third-order valence-corrected chi connectivity index (χ3v) is 9.61. The first-order chi connectivity index (χ1) is 18.8. The molecule has 0 aliphatic heterocycles. The maximum atomic E-state index is 13.1. The monoisotopic (exact) mass is 597 g/mol. The predicted molar refractivity (Wildman–Crippen MR) is 159 cm³/mol. The molecule has 0 spiro atoms. The Hall–Kier alpha value is -3.86. The molecule has 0 aliphatic rings. The zero-order chi connectivity index (χ0) is 29.2. The van der Waals surface area contributed by atoms with Crippen molar-refractivity contribution in [3.8, 4) is 0 Å². The van der Waals surface area contributed by atoms with Crippen molar-refractivity contribution in [2.45, 2.75) is 37.5 Å². The normalized spacial score (nSPS) is 11.6. The van der Waals surface area contributed by atoms with Crippen molar-refractivity contribution in [2.75, 3.05) is 14.8 Å². The molecule has 0 aliphatic carbocycles. The van der Waals surface area contributed by atoms with Crippen LogP contribution >= 0.6 is 11.6 Å². The van der Waals surface area contributed by atoms with Crippen molar-refractivity contribution in [2.24, 2.45) is 0 Å². The Kier molecular flexibility index (Phi) is 8.25. The average Bonchev–Trinajstić information content (AvgIpc) is 2.89. The summed E-state index contributed by atoms with van der Waals surface area (Å²) < 4.78 is 57.1. The number of hydrogen-bond donors (Lipinski definition) is 3. The average molecular weight is 598 g/mol. The highest BCUT2D eigenvalue weighted by atomic mass is 35.5. The van der Waals surface area contributed by atoms with Crippen molar-refractivity contribution in [3.63, 3.8) is 0 Å². The Morgan fingerprint density at radius 1 is 0.700 bits per heavy atom. The molecule has 0 unspecified atom stereocenters. The molecular formula is C29H28ClN3O5S2. The van der Waals surface area contributed by atoms with Crippen LogP contribution in [0.2, 0.25) is 5.02 Å². The number of aryl methyl sites for hydroxylation is 3. The number of benzene rings is 4. The highest BCUT2D eigenvalue weighted by Gasteiger charge is 2.22. The van der Waals surface area contributed by atoms with Gasteiger partial charge >= 0.3 is 0 Å². The molecule has 4 aromatic carbocycles. The van der Waals surface area contributed by atoms with Crippen LogP contribution < -0.4 is 14.8 Å². The highest BCUT2D eigenvalue weighted by molar-refractivity contribution is 7.93. The largest absolute Gasteiger partial charge is 0.322 e. The summed E-state index contributed by atoms with van der Waals surface area (Å²) in [6.07, 6.45) is 0. The number of halogens is 1. The molecule has 0 heterocycles. The van der Waals surface area contributed by atoms with Crippen LogP contribution in [0.3, 0.4) is 0 Å². The van der Waals surface area contributed by atoms with E-state index < -0.39 is 26.0 Å². The Bertz CT molecular complexity index is 1820. The van der Waals surface area contributed by atoms with Crippen molar-refractivity contribution in [3.05, 3.63) is 112 Å². The van der Waals surface area contributed by atoms with Gasteiger partial charge in [0.1, 0.15) is 4.90 Å².